The summed E-state index contributed by atoms with van der Waals surface area (Å²) in [6.07, 6.45) is 0. The van der Waals surface area contributed by atoms with Crippen LogP contribution < -0.4 is 29.6 Å². The number of carbonyl (C=O) groups excluding carboxylic acids is 1. The van der Waals surface area contributed by atoms with Gasteiger partial charge < -0.3 is 1.43 Å². The molecule has 2 aromatic carbocycles. The van der Waals surface area contributed by atoms with E-state index in [1.165, 1.54) is 6.07 Å². The molecule has 1 N–H and O–H groups in total. The van der Waals surface area contributed by atoms with E-state index in [-0.39, 0.29) is 36.5 Å². The van der Waals surface area contributed by atoms with E-state index in [1.807, 2.05) is 0 Å². The predicted octanol–water partition coefficient (Wildman–Crippen LogP) is -1.02. The smallest absolute Gasteiger partial charge is 1.00 e. The van der Waals surface area contributed by atoms with Gasteiger partial charge in [0.15, 0.2) is 0 Å². The first-order valence-electron chi connectivity index (χ1n) is 4.50. The van der Waals surface area contributed by atoms with E-state index in [2.05, 4.69) is 0 Å². The van der Waals surface area contributed by atoms with Crippen LogP contribution >= 0.6 is 0 Å². The summed E-state index contributed by atoms with van der Waals surface area (Å²) in [7, 11) is -4.69. The molecule has 6 heteroatoms. The zero-order chi connectivity index (χ0) is 11.8. The molecule has 84 valence electrons. The summed E-state index contributed by atoms with van der Waals surface area (Å²) in [6.45, 7) is 0. The Balaban J connectivity index is 0.00000144. The topological polar surface area (TPSA) is 71.4 Å². The van der Waals surface area contributed by atoms with E-state index >= 15 is 0 Å². The number of fused-ring (bicyclic) bond motifs is 1. The molecular weight excluding hydrogens is 251 g/mol. The standard InChI is InChI=1S/C11H8O4S.Na.H/c12-11(16(13,14)15)10-7-3-5-8-4-1-2-6-9(8)10;;/h1-7H,(H,13,14,15);;/q;+1;-1. The van der Waals surface area contributed by atoms with Crippen molar-refractivity contribution in [2.75, 3.05) is 0 Å². The van der Waals surface area contributed by atoms with Crippen molar-refractivity contribution in [2.24, 2.45) is 0 Å². The van der Waals surface area contributed by atoms with Gasteiger partial charge >= 0.3 is 44.8 Å². The maximum absolute atomic E-state index is 11.4. The fourth-order valence-corrected chi connectivity index (χ4v) is 2.00. The maximum Gasteiger partial charge on any atom is 1.00 e. The molecule has 0 amide bonds. The number of rotatable bonds is 1. The van der Waals surface area contributed by atoms with Crippen LogP contribution in [0.4, 0.5) is 0 Å². The first-order valence-corrected chi connectivity index (χ1v) is 5.94. The van der Waals surface area contributed by atoms with Gasteiger partial charge in [-0.25, -0.2) is 0 Å². The number of hydrogen-bond acceptors (Lipinski definition) is 3. The van der Waals surface area contributed by atoms with Gasteiger partial charge in [-0.05, 0) is 16.8 Å². The molecule has 0 fully saturated rings. The van der Waals surface area contributed by atoms with Crippen molar-refractivity contribution in [2.45, 2.75) is 0 Å². The van der Waals surface area contributed by atoms with Gasteiger partial charge in [0.1, 0.15) is 0 Å². The van der Waals surface area contributed by atoms with Gasteiger partial charge in [-0.3, -0.25) is 9.35 Å². The summed E-state index contributed by atoms with van der Waals surface area (Å²) >= 11 is 0. The number of benzene rings is 2. The Kier molecular flexibility index (Phi) is 4.46. The minimum absolute atomic E-state index is 0. The molecular formula is C11H9NaO4S. The Morgan fingerprint density at radius 1 is 1.06 bits per heavy atom. The Morgan fingerprint density at radius 3 is 2.29 bits per heavy atom. The van der Waals surface area contributed by atoms with Gasteiger partial charge in [0.25, 0.3) is 0 Å². The quantitative estimate of drug-likeness (QED) is 0.526. The van der Waals surface area contributed by atoms with E-state index in [9.17, 15) is 13.2 Å². The molecule has 0 aliphatic rings. The molecule has 17 heavy (non-hydrogen) atoms. The van der Waals surface area contributed by atoms with Gasteiger partial charge in [0.2, 0.25) is 0 Å². The van der Waals surface area contributed by atoms with Gasteiger partial charge in [-0.1, -0.05) is 36.4 Å². The second-order valence-corrected chi connectivity index (χ2v) is 4.61. The van der Waals surface area contributed by atoms with Crippen LogP contribution in [0.5, 0.6) is 0 Å². The second-order valence-electron chi connectivity index (χ2n) is 3.29. The molecule has 4 nitrogen and oxygen atoms in total. The number of hydrogen-bond donors (Lipinski definition) is 1. The third-order valence-corrected chi connectivity index (χ3v) is 2.93. The molecule has 0 bridgehead atoms. The molecule has 2 aromatic rings. The van der Waals surface area contributed by atoms with E-state index in [1.54, 1.807) is 36.4 Å². The molecule has 0 radical (unpaired) electrons. The zero-order valence-corrected chi connectivity index (χ0v) is 11.9. The first kappa shape index (κ1) is 14.3. The van der Waals surface area contributed by atoms with Crippen LogP contribution in [-0.2, 0) is 10.1 Å². The predicted molar refractivity (Wildman–Crippen MR) is 60.9 cm³/mol. The maximum atomic E-state index is 11.4. The Hall–Kier alpha value is -0.720. The molecule has 0 heterocycles. The van der Waals surface area contributed by atoms with Crippen molar-refractivity contribution >= 4 is 26.0 Å². The summed E-state index contributed by atoms with van der Waals surface area (Å²) in [4.78, 5) is 11.4. The Bertz CT molecular complexity index is 664. The van der Waals surface area contributed by atoms with Crippen LogP contribution in [0, 0.1) is 0 Å². The fraction of sp³-hybridized carbons (Fsp3) is 0. The SMILES string of the molecule is O=C(c1cccc2ccccc12)S(=O)(=O)O.[H-].[Na+]. The summed E-state index contributed by atoms with van der Waals surface area (Å²) in [5, 5.41) is -0.0195. The minimum atomic E-state index is -4.69. The van der Waals surface area contributed by atoms with Gasteiger partial charge in [0, 0.05) is 5.56 Å². The van der Waals surface area contributed by atoms with E-state index in [0.717, 1.165) is 5.39 Å². The third-order valence-electron chi connectivity index (χ3n) is 2.24. The zero-order valence-electron chi connectivity index (χ0n) is 10.1. The minimum Gasteiger partial charge on any atom is -1.00 e. The summed E-state index contributed by atoms with van der Waals surface area (Å²) in [5.41, 5.74) is -0.0133. The van der Waals surface area contributed by atoms with Crippen LogP contribution in [0.25, 0.3) is 10.8 Å². The van der Waals surface area contributed by atoms with Crippen molar-refractivity contribution in [3.63, 3.8) is 0 Å². The van der Waals surface area contributed by atoms with Crippen LogP contribution in [0.1, 0.15) is 11.8 Å². The monoisotopic (exact) mass is 260 g/mol. The fourth-order valence-electron chi connectivity index (χ4n) is 1.54. The van der Waals surface area contributed by atoms with Crippen LogP contribution in [0.3, 0.4) is 0 Å². The summed E-state index contributed by atoms with van der Waals surface area (Å²) in [5.74, 6) is 0. The van der Waals surface area contributed by atoms with Crippen molar-refractivity contribution in [1.82, 2.24) is 0 Å². The van der Waals surface area contributed by atoms with Crippen LogP contribution in [-0.4, -0.2) is 18.1 Å². The molecule has 2 rings (SSSR count). The molecule has 0 atom stereocenters. The normalized spacial score (nSPS) is 10.9. The molecule has 0 saturated carbocycles. The molecule has 0 aliphatic heterocycles. The molecule has 0 spiro atoms. The molecule has 0 unspecified atom stereocenters. The summed E-state index contributed by atoms with van der Waals surface area (Å²) in [6, 6.07) is 11.6. The average molecular weight is 260 g/mol. The van der Waals surface area contributed by atoms with E-state index < -0.39 is 15.2 Å². The van der Waals surface area contributed by atoms with Crippen molar-refractivity contribution in [3.05, 3.63) is 48.0 Å². The Morgan fingerprint density at radius 2 is 1.65 bits per heavy atom. The van der Waals surface area contributed by atoms with Crippen molar-refractivity contribution in [3.8, 4) is 0 Å². The van der Waals surface area contributed by atoms with Crippen LogP contribution in [0.15, 0.2) is 42.5 Å². The molecule has 0 saturated heterocycles. The first-order chi connectivity index (χ1) is 7.50. The largest absolute Gasteiger partial charge is 1.00 e. The van der Waals surface area contributed by atoms with E-state index in [0.29, 0.717) is 5.39 Å². The third kappa shape index (κ3) is 2.94. The van der Waals surface area contributed by atoms with Gasteiger partial charge in [0.05, 0.1) is 0 Å². The molecule has 0 aromatic heterocycles. The summed E-state index contributed by atoms with van der Waals surface area (Å²) < 4.78 is 30.3. The second kappa shape index (κ2) is 5.29. The van der Waals surface area contributed by atoms with Crippen LogP contribution in [0.2, 0.25) is 0 Å². The van der Waals surface area contributed by atoms with Gasteiger partial charge in [-0.2, -0.15) is 8.42 Å². The van der Waals surface area contributed by atoms with Crippen molar-refractivity contribution < 1.29 is 48.7 Å². The van der Waals surface area contributed by atoms with E-state index in [4.69, 9.17) is 4.55 Å². The Labute approximate surface area is 122 Å². The van der Waals surface area contributed by atoms with Gasteiger partial charge in [-0.15, -0.1) is 0 Å². The average Bonchev–Trinajstić information content (AvgIpc) is 2.26. The molecule has 0 aliphatic carbocycles. The van der Waals surface area contributed by atoms with Crippen molar-refractivity contribution in [1.29, 1.82) is 0 Å². The number of carbonyl (C=O) groups is 1.